The van der Waals surface area contributed by atoms with Crippen molar-refractivity contribution in [2.24, 2.45) is 0 Å². The molecule has 0 aromatic heterocycles. The van der Waals surface area contributed by atoms with Crippen LogP contribution in [-0.4, -0.2) is 48.0 Å². The Kier molecular flexibility index (Phi) is 14.7. The summed E-state index contributed by atoms with van der Waals surface area (Å²) in [4.78, 5) is 1.93. The van der Waals surface area contributed by atoms with Gasteiger partial charge in [-0.2, -0.15) is 0 Å². The van der Waals surface area contributed by atoms with Crippen molar-refractivity contribution >= 4 is 0 Å². The molecule has 3 heteroatoms. The van der Waals surface area contributed by atoms with Gasteiger partial charge in [0.2, 0.25) is 0 Å². The van der Waals surface area contributed by atoms with Gasteiger partial charge in [0.25, 0.3) is 0 Å². The predicted molar refractivity (Wildman–Crippen MR) is 114 cm³/mol. The molecule has 0 heterocycles. The molecule has 0 aliphatic carbocycles. The van der Waals surface area contributed by atoms with Crippen LogP contribution in [0.1, 0.15) is 76.8 Å². The molecule has 1 rings (SSSR count). The van der Waals surface area contributed by atoms with Crippen LogP contribution in [0.5, 0.6) is 0 Å². The van der Waals surface area contributed by atoms with E-state index in [4.69, 9.17) is 0 Å². The van der Waals surface area contributed by atoms with Gasteiger partial charge in [0, 0.05) is 0 Å². The van der Waals surface area contributed by atoms with Crippen LogP contribution in [0.15, 0.2) is 24.3 Å². The Bertz CT molecular complexity index is 424. The van der Waals surface area contributed by atoms with E-state index in [1.165, 1.54) is 56.1 Å². The Morgan fingerprint density at radius 3 is 1.69 bits per heavy atom. The van der Waals surface area contributed by atoms with E-state index in [0.29, 0.717) is 0 Å². The third kappa shape index (κ3) is 9.16. The van der Waals surface area contributed by atoms with Gasteiger partial charge in [-0.3, -0.25) is 4.90 Å². The van der Waals surface area contributed by atoms with Crippen molar-refractivity contribution in [3.8, 4) is 0 Å². The normalized spacial score (nSPS) is 11.4. The van der Waals surface area contributed by atoms with Crippen molar-refractivity contribution in [1.29, 1.82) is 0 Å². The SMILES string of the molecule is CC.CCCCCCCCc1ccc(CCC(CO)(CO)N(C)C)cc1. The molecule has 0 unspecified atom stereocenters. The van der Waals surface area contributed by atoms with Crippen molar-refractivity contribution in [2.75, 3.05) is 27.3 Å². The third-order valence-corrected chi connectivity index (χ3v) is 5.26. The van der Waals surface area contributed by atoms with Crippen LogP contribution in [0, 0.1) is 0 Å². The largest absolute Gasteiger partial charge is 0.394 e. The summed E-state index contributed by atoms with van der Waals surface area (Å²) in [6.45, 7) is 6.21. The number of nitrogens with zero attached hydrogens (tertiary/aromatic N) is 1. The van der Waals surface area contributed by atoms with E-state index in [9.17, 15) is 10.2 Å². The Balaban J connectivity index is 0.00000301. The second-order valence-corrected chi connectivity index (χ2v) is 7.27. The van der Waals surface area contributed by atoms with E-state index in [1.807, 2.05) is 32.8 Å². The van der Waals surface area contributed by atoms with Crippen LogP contribution >= 0.6 is 0 Å². The molecule has 1 aromatic carbocycles. The van der Waals surface area contributed by atoms with Gasteiger partial charge in [0.1, 0.15) is 0 Å². The molecule has 0 saturated carbocycles. The quantitative estimate of drug-likeness (QED) is 0.492. The Morgan fingerprint density at radius 1 is 0.769 bits per heavy atom. The van der Waals surface area contributed by atoms with Gasteiger partial charge in [-0.05, 0) is 50.9 Å². The summed E-state index contributed by atoms with van der Waals surface area (Å²) in [6.07, 6.45) is 10.8. The number of unbranched alkanes of at least 4 members (excludes halogenated alkanes) is 5. The zero-order valence-corrected chi connectivity index (χ0v) is 17.9. The number of hydrogen-bond donors (Lipinski definition) is 2. The number of hydrogen-bond acceptors (Lipinski definition) is 3. The highest BCUT2D eigenvalue weighted by molar-refractivity contribution is 5.23. The van der Waals surface area contributed by atoms with E-state index in [2.05, 4.69) is 31.2 Å². The molecule has 0 amide bonds. The third-order valence-electron chi connectivity index (χ3n) is 5.26. The number of rotatable bonds is 13. The first-order chi connectivity index (χ1) is 12.6. The Morgan fingerprint density at radius 2 is 1.23 bits per heavy atom. The van der Waals surface area contributed by atoms with Gasteiger partial charge in [-0.25, -0.2) is 0 Å². The molecule has 0 atom stereocenters. The number of aliphatic hydroxyl groups excluding tert-OH is 2. The smallest absolute Gasteiger partial charge is 0.0671 e. The zero-order chi connectivity index (χ0) is 19.8. The van der Waals surface area contributed by atoms with Gasteiger partial charge in [-0.15, -0.1) is 0 Å². The zero-order valence-electron chi connectivity index (χ0n) is 17.9. The Hall–Kier alpha value is -0.900. The van der Waals surface area contributed by atoms with Crippen LogP contribution in [0.4, 0.5) is 0 Å². The fourth-order valence-corrected chi connectivity index (χ4v) is 3.07. The van der Waals surface area contributed by atoms with E-state index < -0.39 is 5.54 Å². The average Bonchev–Trinajstić information content (AvgIpc) is 2.68. The van der Waals surface area contributed by atoms with Crippen molar-refractivity contribution in [3.63, 3.8) is 0 Å². The number of aryl methyl sites for hydroxylation is 2. The number of likely N-dealkylation sites (N-methyl/N-ethyl adjacent to an activating group) is 1. The molecule has 152 valence electrons. The van der Waals surface area contributed by atoms with Crippen LogP contribution in [-0.2, 0) is 12.8 Å². The Labute approximate surface area is 162 Å². The molecule has 0 fully saturated rings. The monoisotopic (exact) mass is 365 g/mol. The summed E-state index contributed by atoms with van der Waals surface area (Å²) in [6, 6.07) is 8.86. The summed E-state index contributed by atoms with van der Waals surface area (Å²) in [5, 5.41) is 19.3. The number of aliphatic hydroxyl groups is 2. The second-order valence-electron chi connectivity index (χ2n) is 7.27. The predicted octanol–water partition coefficient (Wildman–Crippen LogP) is 4.83. The first kappa shape index (κ1) is 25.1. The van der Waals surface area contributed by atoms with E-state index in [0.717, 1.165) is 12.8 Å². The summed E-state index contributed by atoms with van der Waals surface area (Å²) in [7, 11) is 3.83. The van der Waals surface area contributed by atoms with Gasteiger partial charge in [0.05, 0.1) is 18.8 Å². The highest BCUT2D eigenvalue weighted by Crippen LogP contribution is 2.20. The first-order valence-corrected chi connectivity index (χ1v) is 10.5. The lowest BCUT2D eigenvalue weighted by molar-refractivity contribution is 0.0107. The van der Waals surface area contributed by atoms with Crippen LogP contribution < -0.4 is 0 Å². The van der Waals surface area contributed by atoms with Gasteiger partial charge in [0.15, 0.2) is 0 Å². The van der Waals surface area contributed by atoms with Crippen LogP contribution in [0.3, 0.4) is 0 Å². The minimum absolute atomic E-state index is 0.0212. The summed E-state index contributed by atoms with van der Waals surface area (Å²) >= 11 is 0. The molecule has 26 heavy (non-hydrogen) atoms. The van der Waals surface area contributed by atoms with Crippen molar-refractivity contribution in [2.45, 2.75) is 84.1 Å². The molecule has 0 radical (unpaired) electrons. The molecule has 0 aliphatic heterocycles. The molecular formula is C23H43NO2. The highest BCUT2D eigenvalue weighted by Gasteiger charge is 2.30. The molecule has 0 spiro atoms. The van der Waals surface area contributed by atoms with E-state index in [1.54, 1.807) is 0 Å². The maximum atomic E-state index is 9.64. The average molecular weight is 366 g/mol. The highest BCUT2D eigenvalue weighted by atomic mass is 16.3. The lowest BCUT2D eigenvalue weighted by atomic mass is 9.91. The minimum Gasteiger partial charge on any atom is -0.394 e. The summed E-state index contributed by atoms with van der Waals surface area (Å²) in [5.41, 5.74) is 2.16. The summed E-state index contributed by atoms with van der Waals surface area (Å²) in [5.74, 6) is 0. The topological polar surface area (TPSA) is 43.7 Å². The van der Waals surface area contributed by atoms with E-state index in [-0.39, 0.29) is 13.2 Å². The van der Waals surface area contributed by atoms with Crippen molar-refractivity contribution in [3.05, 3.63) is 35.4 Å². The maximum absolute atomic E-state index is 9.64. The molecule has 0 saturated heterocycles. The lowest BCUT2D eigenvalue weighted by Crippen LogP contribution is -2.51. The maximum Gasteiger partial charge on any atom is 0.0671 e. The van der Waals surface area contributed by atoms with Crippen LogP contribution in [0.2, 0.25) is 0 Å². The number of benzene rings is 1. The molecule has 3 nitrogen and oxygen atoms in total. The molecule has 0 aliphatic rings. The van der Waals surface area contributed by atoms with Gasteiger partial charge < -0.3 is 10.2 Å². The fraction of sp³-hybridized carbons (Fsp3) is 0.739. The second kappa shape index (κ2) is 15.2. The standard InChI is InChI=1S/C21H37NO2.C2H6/c1-4-5-6-7-8-9-10-19-11-13-20(14-12-19)15-16-21(17-23,18-24)22(2)3;1-2/h11-14,23-24H,4-10,15-18H2,1-3H3;1-2H3. The molecule has 2 N–H and O–H groups in total. The molecular weight excluding hydrogens is 322 g/mol. The van der Waals surface area contributed by atoms with Crippen molar-refractivity contribution in [1.82, 2.24) is 4.90 Å². The van der Waals surface area contributed by atoms with E-state index >= 15 is 0 Å². The minimum atomic E-state index is -0.531. The first-order valence-electron chi connectivity index (χ1n) is 10.5. The fourth-order valence-electron chi connectivity index (χ4n) is 3.07. The van der Waals surface area contributed by atoms with Gasteiger partial charge >= 0.3 is 0 Å². The lowest BCUT2D eigenvalue weighted by Gasteiger charge is -2.36. The summed E-state index contributed by atoms with van der Waals surface area (Å²) < 4.78 is 0. The molecule has 0 bridgehead atoms. The molecule has 1 aromatic rings. The van der Waals surface area contributed by atoms with Gasteiger partial charge in [-0.1, -0.05) is 77.1 Å². The van der Waals surface area contributed by atoms with Crippen LogP contribution in [0.25, 0.3) is 0 Å². The van der Waals surface area contributed by atoms with Crippen molar-refractivity contribution < 1.29 is 10.2 Å².